The number of fused-ring (bicyclic) bond motifs is 1. The highest BCUT2D eigenvalue weighted by Gasteiger charge is 2.32. The number of hydrogen-bond donors (Lipinski definition) is 0. The Morgan fingerprint density at radius 1 is 1.20 bits per heavy atom. The molecule has 1 aromatic rings. The molecule has 4 nitrogen and oxygen atoms in total. The minimum absolute atomic E-state index is 0.110. The Morgan fingerprint density at radius 3 is 2.55 bits per heavy atom. The molecule has 112 valence electrons. The monoisotopic (exact) mass is 279 g/mol. The molecular formula is C16H25NO3. The van der Waals surface area contributed by atoms with E-state index in [-0.39, 0.29) is 12.4 Å². The minimum atomic E-state index is -0.199. The molecule has 1 aromatic carbocycles. The summed E-state index contributed by atoms with van der Waals surface area (Å²) in [7, 11) is 7.24. The Kier molecular flexibility index (Phi) is 5.54. The van der Waals surface area contributed by atoms with Crippen molar-refractivity contribution in [1.29, 1.82) is 0 Å². The van der Waals surface area contributed by atoms with Crippen LogP contribution in [0.3, 0.4) is 0 Å². The van der Waals surface area contributed by atoms with E-state index >= 15 is 0 Å². The highest BCUT2D eigenvalue weighted by molar-refractivity contribution is 5.33. The van der Waals surface area contributed by atoms with Gasteiger partial charge in [0.25, 0.3) is 0 Å². The Labute approximate surface area is 121 Å². The summed E-state index contributed by atoms with van der Waals surface area (Å²) >= 11 is 0. The third-order valence-electron chi connectivity index (χ3n) is 4.20. The standard InChI is InChI=1S/C16H25NO3/c1-17(11-15(18-2)19-3)14-10-9-12-7-5-6-8-13(12)16(14)20-4/h5-8,14-16H,9-11H2,1-4H3/t14-,16?/m0/s1. The van der Waals surface area contributed by atoms with Crippen molar-refractivity contribution in [2.45, 2.75) is 31.3 Å². The summed E-state index contributed by atoms with van der Waals surface area (Å²) in [5.74, 6) is 0. The van der Waals surface area contributed by atoms with Crippen molar-refractivity contribution in [2.75, 3.05) is 34.9 Å². The molecule has 0 aliphatic heterocycles. The fourth-order valence-corrected chi connectivity index (χ4v) is 3.05. The second-order valence-electron chi connectivity index (χ2n) is 5.30. The van der Waals surface area contributed by atoms with Crippen LogP contribution in [-0.4, -0.2) is 52.2 Å². The van der Waals surface area contributed by atoms with Crippen molar-refractivity contribution >= 4 is 0 Å². The quantitative estimate of drug-likeness (QED) is 0.747. The zero-order chi connectivity index (χ0) is 14.5. The predicted octanol–water partition coefficient (Wildman–Crippen LogP) is 2.24. The van der Waals surface area contributed by atoms with E-state index in [2.05, 4.69) is 36.2 Å². The number of methoxy groups -OCH3 is 3. The van der Waals surface area contributed by atoms with Crippen molar-refractivity contribution in [3.8, 4) is 0 Å². The number of hydrogen-bond acceptors (Lipinski definition) is 4. The first kappa shape index (κ1) is 15.4. The maximum Gasteiger partial charge on any atom is 0.169 e. The average Bonchev–Trinajstić information content (AvgIpc) is 2.51. The van der Waals surface area contributed by atoms with E-state index in [1.165, 1.54) is 11.1 Å². The van der Waals surface area contributed by atoms with Crippen LogP contribution >= 0.6 is 0 Å². The molecule has 1 unspecified atom stereocenters. The van der Waals surface area contributed by atoms with Gasteiger partial charge in [-0.2, -0.15) is 0 Å². The molecule has 4 heteroatoms. The third kappa shape index (κ3) is 3.20. The number of rotatable bonds is 6. The first-order chi connectivity index (χ1) is 9.71. The molecule has 0 fully saturated rings. The van der Waals surface area contributed by atoms with Crippen LogP contribution in [0.25, 0.3) is 0 Å². The molecule has 0 saturated heterocycles. The predicted molar refractivity (Wildman–Crippen MR) is 78.7 cm³/mol. The molecule has 0 heterocycles. The Balaban J connectivity index is 2.13. The lowest BCUT2D eigenvalue weighted by atomic mass is 9.85. The molecule has 0 N–H and O–H groups in total. The molecule has 20 heavy (non-hydrogen) atoms. The summed E-state index contributed by atoms with van der Waals surface area (Å²) in [5, 5.41) is 0. The van der Waals surface area contributed by atoms with Crippen LogP contribution in [0.4, 0.5) is 0 Å². The van der Waals surface area contributed by atoms with E-state index in [1.54, 1.807) is 21.3 Å². The number of nitrogens with zero attached hydrogens (tertiary/aromatic N) is 1. The minimum Gasteiger partial charge on any atom is -0.375 e. The van der Waals surface area contributed by atoms with Crippen LogP contribution in [0.1, 0.15) is 23.7 Å². The smallest absolute Gasteiger partial charge is 0.169 e. The SMILES string of the molecule is COC(CN(C)[C@H]1CCc2ccccc2C1OC)OC. The van der Waals surface area contributed by atoms with Crippen LogP contribution in [0.5, 0.6) is 0 Å². The maximum atomic E-state index is 5.78. The van der Waals surface area contributed by atoms with Crippen LogP contribution in [0, 0.1) is 0 Å². The third-order valence-corrected chi connectivity index (χ3v) is 4.20. The summed E-state index contributed by atoms with van der Waals surface area (Å²) in [6, 6.07) is 8.91. The van der Waals surface area contributed by atoms with Gasteiger partial charge in [-0.3, -0.25) is 4.90 Å². The number of ether oxygens (including phenoxy) is 3. The van der Waals surface area contributed by atoms with Gasteiger partial charge in [-0.05, 0) is 31.0 Å². The highest BCUT2D eigenvalue weighted by Crippen LogP contribution is 2.34. The van der Waals surface area contributed by atoms with Crippen molar-refractivity contribution in [2.24, 2.45) is 0 Å². The molecule has 0 radical (unpaired) electrons. The van der Waals surface area contributed by atoms with Gasteiger partial charge >= 0.3 is 0 Å². The summed E-state index contributed by atoms with van der Waals surface area (Å²) < 4.78 is 16.4. The Hall–Kier alpha value is -0.940. The Morgan fingerprint density at radius 2 is 1.90 bits per heavy atom. The van der Waals surface area contributed by atoms with Gasteiger partial charge in [0.2, 0.25) is 0 Å². The van der Waals surface area contributed by atoms with E-state index in [0.717, 1.165) is 19.4 Å². The van der Waals surface area contributed by atoms with Crippen molar-refractivity contribution in [3.05, 3.63) is 35.4 Å². The lowest BCUT2D eigenvalue weighted by Gasteiger charge is -2.39. The molecule has 0 amide bonds. The van der Waals surface area contributed by atoms with Gasteiger partial charge < -0.3 is 14.2 Å². The molecule has 2 rings (SSSR count). The van der Waals surface area contributed by atoms with Crippen LogP contribution in [0.2, 0.25) is 0 Å². The summed E-state index contributed by atoms with van der Waals surface area (Å²) in [6.07, 6.45) is 2.09. The maximum absolute atomic E-state index is 5.78. The molecule has 0 spiro atoms. The van der Waals surface area contributed by atoms with Crippen LogP contribution < -0.4 is 0 Å². The van der Waals surface area contributed by atoms with Gasteiger partial charge in [0.15, 0.2) is 6.29 Å². The fourth-order valence-electron chi connectivity index (χ4n) is 3.05. The lowest BCUT2D eigenvalue weighted by Crippen LogP contribution is -2.44. The largest absolute Gasteiger partial charge is 0.375 e. The summed E-state index contributed by atoms with van der Waals surface area (Å²) in [4.78, 5) is 2.28. The van der Waals surface area contributed by atoms with Gasteiger partial charge in [-0.1, -0.05) is 24.3 Å². The van der Waals surface area contributed by atoms with E-state index in [9.17, 15) is 0 Å². The first-order valence-electron chi connectivity index (χ1n) is 7.07. The molecule has 0 bridgehead atoms. The fraction of sp³-hybridized carbons (Fsp3) is 0.625. The van der Waals surface area contributed by atoms with Gasteiger partial charge in [-0.15, -0.1) is 0 Å². The zero-order valence-corrected chi connectivity index (χ0v) is 12.8. The van der Waals surface area contributed by atoms with Gasteiger partial charge in [0.05, 0.1) is 6.10 Å². The molecule has 0 saturated carbocycles. The van der Waals surface area contributed by atoms with Gasteiger partial charge in [0.1, 0.15) is 0 Å². The van der Waals surface area contributed by atoms with Crippen LogP contribution in [0.15, 0.2) is 24.3 Å². The summed E-state index contributed by atoms with van der Waals surface area (Å²) in [5.41, 5.74) is 2.71. The second-order valence-corrected chi connectivity index (χ2v) is 5.30. The number of likely N-dealkylation sites (N-methyl/N-ethyl adjacent to an activating group) is 1. The molecule has 2 atom stereocenters. The second kappa shape index (κ2) is 7.18. The van der Waals surface area contributed by atoms with E-state index in [0.29, 0.717) is 6.04 Å². The van der Waals surface area contributed by atoms with E-state index in [4.69, 9.17) is 14.2 Å². The topological polar surface area (TPSA) is 30.9 Å². The summed E-state index contributed by atoms with van der Waals surface area (Å²) in [6.45, 7) is 0.736. The van der Waals surface area contributed by atoms with Crippen molar-refractivity contribution < 1.29 is 14.2 Å². The highest BCUT2D eigenvalue weighted by atomic mass is 16.7. The van der Waals surface area contributed by atoms with Crippen molar-refractivity contribution in [3.63, 3.8) is 0 Å². The first-order valence-corrected chi connectivity index (χ1v) is 7.07. The van der Waals surface area contributed by atoms with Crippen LogP contribution in [-0.2, 0) is 20.6 Å². The average molecular weight is 279 g/mol. The molecule has 1 aliphatic carbocycles. The number of aryl methyl sites for hydroxylation is 1. The zero-order valence-electron chi connectivity index (χ0n) is 12.8. The Bertz CT molecular complexity index is 420. The number of benzene rings is 1. The molecular weight excluding hydrogens is 254 g/mol. The van der Waals surface area contributed by atoms with E-state index in [1.807, 2.05) is 0 Å². The lowest BCUT2D eigenvalue weighted by molar-refractivity contribution is -0.124. The van der Waals surface area contributed by atoms with Gasteiger partial charge in [-0.25, -0.2) is 0 Å². The molecule has 1 aliphatic rings. The normalized spacial score (nSPS) is 22.3. The van der Waals surface area contributed by atoms with Gasteiger partial charge in [0, 0.05) is 33.9 Å². The van der Waals surface area contributed by atoms with E-state index < -0.39 is 0 Å². The molecule has 0 aromatic heterocycles. The van der Waals surface area contributed by atoms with Crippen molar-refractivity contribution in [1.82, 2.24) is 4.90 Å².